The molecule has 3 aliphatic heterocycles. The number of phenols is 2. The number of quaternary nitrogens is 1. The predicted octanol–water partition coefficient (Wildman–Crippen LogP) is 1.10. The molecule has 19 heteroatoms. The Morgan fingerprint density at radius 3 is 2.49 bits per heavy atom. The minimum atomic E-state index is -1.79. The van der Waals surface area contributed by atoms with Gasteiger partial charge in [0.05, 0.1) is 26.1 Å². The van der Waals surface area contributed by atoms with Crippen LogP contribution in [-0.2, 0) is 28.8 Å². The maximum atomic E-state index is 13.4. The summed E-state index contributed by atoms with van der Waals surface area (Å²) in [6.07, 6.45) is 1.89. The van der Waals surface area contributed by atoms with Crippen molar-refractivity contribution >= 4 is 69.3 Å². The molecule has 0 bridgehead atoms. The Morgan fingerprint density at radius 2 is 1.88 bits per heavy atom. The third kappa shape index (κ3) is 7.57. The van der Waals surface area contributed by atoms with Gasteiger partial charge in [-0.15, -0.1) is 23.1 Å². The van der Waals surface area contributed by atoms with Crippen LogP contribution < -0.4 is 16.4 Å². The Hall–Kier alpha value is -4.88. The zero-order valence-corrected chi connectivity index (χ0v) is 28.2. The summed E-state index contributed by atoms with van der Waals surface area (Å²) in [6.45, 7) is 4.63. The number of aliphatic carboxylic acids is 2. The highest BCUT2D eigenvalue weighted by Gasteiger charge is 2.55. The molecule has 3 aliphatic rings. The molecule has 2 saturated heterocycles. The molecule has 5 rings (SSSR count). The van der Waals surface area contributed by atoms with Crippen molar-refractivity contribution in [2.24, 2.45) is 5.16 Å². The molecule has 0 spiro atoms. The first-order valence-corrected chi connectivity index (χ1v) is 17.1. The summed E-state index contributed by atoms with van der Waals surface area (Å²) in [7, 11) is 0. The molecule has 2 atom stereocenters. The second kappa shape index (κ2) is 13.9. The van der Waals surface area contributed by atoms with Crippen LogP contribution in [0.5, 0.6) is 11.5 Å². The Bertz CT molecular complexity index is 1750. The Balaban J connectivity index is 1.29. The minimum Gasteiger partial charge on any atom is -0.504 e. The number of nitrogens with one attached hydrogen (secondary N) is 2. The number of benzene rings is 1. The van der Waals surface area contributed by atoms with E-state index < -0.39 is 46.5 Å². The Labute approximate surface area is 288 Å². The lowest BCUT2D eigenvalue weighted by atomic mass is 10.0. The summed E-state index contributed by atoms with van der Waals surface area (Å²) >= 11 is 2.30. The number of β-lactam (4-membered cyclic amide) rings is 1. The van der Waals surface area contributed by atoms with Gasteiger partial charge in [-0.2, -0.15) is 0 Å². The minimum absolute atomic E-state index is 0.00375. The van der Waals surface area contributed by atoms with Crippen molar-refractivity contribution in [2.45, 2.75) is 50.1 Å². The number of hydrogen-bond acceptors (Lipinski definition) is 13. The zero-order valence-electron chi connectivity index (χ0n) is 26.5. The number of thiazole rings is 1. The summed E-state index contributed by atoms with van der Waals surface area (Å²) < 4.78 is 0.455. The van der Waals surface area contributed by atoms with Gasteiger partial charge >= 0.3 is 11.9 Å². The monoisotopic (exact) mass is 718 g/mol. The SMILES string of the molecule is CC(C)(O/N=C(\C(=O)NC1C(=O)N2C(C(=O)O)=C(C[N+]3(CCC(=O)Nc4ccc(O)c(O)c4)CCCC3)CSC12)c1csc(N)n1)C(=O)O. The summed E-state index contributed by atoms with van der Waals surface area (Å²) in [5, 5.41) is 48.7. The van der Waals surface area contributed by atoms with E-state index in [0.29, 0.717) is 41.9 Å². The van der Waals surface area contributed by atoms with Crippen LogP contribution in [0.4, 0.5) is 10.8 Å². The molecule has 17 nitrogen and oxygen atoms in total. The molecule has 1 aromatic heterocycles. The number of fused-ring (bicyclic) bond motifs is 1. The zero-order chi connectivity index (χ0) is 35.7. The number of carboxylic acid groups (broad SMARTS) is 2. The van der Waals surface area contributed by atoms with Crippen LogP contribution in [0.25, 0.3) is 0 Å². The molecule has 0 saturated carbocycles. The van der Waals surface area contributed by atoms with Crippen LogP contribution in [0.2, 0.25) is 0 Å². The van der Waals surface area contributed by atoms with Crippen molar-refractivity contribution in [2.75, 3.05) is 43.0 Å². The number of hydrogen-bond donors (Lipinski definition) is 7. The highest BCUT2D eigenvalue weighted by Crippen LogP contribution is 2.41. The number of carbonyl (C=O) groups is 5. The van der Waals surface area contributed by atoms with Crippen LogP contribution in [0.15, 0.2) is 40.0 Å². The number of nitrogens with zero attached hydrogens (tertiary/aromatic N) is 4. The largest absolute Gasteiger partial charge is 0.504 e. The van der Waals surface area contributed by atoms with E-state index >= 15 is 0 Å². The van der Waals surface area contributed by atoms with Gasteiger partial charge in [0, 0.05) is 41.3 Å². The quantitative estimate of drug-likeness (QED) is 0.0383. The van der Waals surface area contributed by atoms with E-state index in [1.165, 1.54) is 49.2 Å². The van der Waals surface area contributed by atoms with Crippen LogP contribution in [0.3, 0.4) is 0 Å². The second-order valence-electron chi connectivity index (χ2n) is 12.4. The van der Waals surface area contributed by atoms with E-state index in [2.05, 4.69) is 20.8 Å². The van der Waals surface area contributed by atoms with Crippen molar-refractivity contribution in [3.8, 4) is 11.5 Å². The molecule has 0 aliphatic carbocycles. The second-order valence-corrected chi connectivity index (χ2v) is 14.4. The van der Waals surface area contributed by atoms with Crippen LogP contribution in [0.1, 0.15) is 38.8 Å². The first-order valence-electron chi connectivity index (χ1n) is 15.2. The lowest BCUT2D eigenvalue weighted by molar-refractivity contribution is -0.911. The lowest BCUT2D eigenvalue weighted by Gasteiger charge is -2.50. The van der Waals surface area contributed by atoms with Gasteiger partial charge in [-0.05, 0) is 26.0 Å². The number of anilines is 2. The molecule has 1 aromatic carbocycles. The molecule has 2 aromatic rings. The molecule has 0 radical (unpaired) electrons. The van der Waals surface area contributed by atoms with Crippen LogP contribution in [0, 0.1) is 0 Å². The van der Waals surface area contributed by atoms with E-state index in [-0.39, 0.29) is 46.1 Å². The van der Waals surface area contributed by atoms with Crippen LogP contribution >= 0.6 is 23.1 Å². The van der Waals surface area contributed by atoms with Crippen molar-refractivity contribution in [1.29, 1.82) is 0 Å². The third-order valence-electron chi connectivity index (χ3n) is 8.51. The van der Waals surface area contributed by atoms with Crippen molar-refractivity contribution in [3.05, 3.63) is 40.5 Å². The van der Waals surface area contributed by atoms with Gasteiger partial charge in [-0.1, -0.05) is 5.16 Å². The summed E-state index contributed by atoms with van der Waals surface area (Å²) in [5.74, 6) is -4.87. The topological polar surface area (TPSA) is 254 Å². The Kier molecular flexibility index (Phi) is 10.1. The average molecular weight is 719 g/mol. The highest BCUT2D eigenvalue weighted by molar-refractivity contribution is 8.00. The predicted molar refractivity (Wildman–Crippen MR) is 178 cm³/mol. The fraction of sp³-hybridized carbons (Fsp3) is 0.433. The summed E-state index contributed by atoms with van der Waals surface area (Å²) in [5.41, 5.74) is 4.24. The van der Waals surface area contributed by atoms with Gasteiger partial charge in [-0.25, -0.2) is 14.6 Å². The molecule has 49 heavy (non-hydrogen) atoms. The van der Waals surface area contributed by atoms with Crippen molar-refractivity contribution in [3.63, 3.8) is 0 Å². The fourth-order valence-electron chi connectivity index (χ4n) is 5.85. The maximum Gasteiger partial charge on any atom is 0.352 e. The molecule has 262 valence electrons. The summed E-state index contributed by atoms with van der Waals surface area (Å²) in [4.78, 5) is 74.0. The number of carboxylic acids is 2. The number of aromatic nitrogens is 1. The van der Waals surface area contributed by atoms with Gasteiger partial charge in [0.25, 0.3) is 11.8 Å². The molecular weight excluding hydrogens is 683 g/mol. The number of likely N-dealkylation sites (tertiary alicyclic amines) is 1. The van der Waals surface area contributed by atoms with E-state index in [0.717, 1.165) is 29.1 Å². The molecule has 2 fully saturated rings. The number of rotatable bonds is 13. The molecule has 3 amide bonds. The number of aromatic hydroxyl groups is 2. The smallest absolute Gasteiger partial charge is 0.352 e. The van der Waals surface area contributed by atoms with Crippen molar-refractivity contribution in [1.82, 2.24) is 15.2 Å². The molecule has 2 unspecified atom stereocenters. The van der Waals surface area contributed by atoms with E-state index in [4.69, 9.17) is 10.6 Å². The fourth-order valence-corrected chi connectivity index (χ4v) is 7.73. The number of amides is 3. The highest BCUT2D eigenvalue weighted by atomic mass is 32.2. The van der Waals surface area contributed by atoms with E-state index in [9.17, 15) is 44.4 Å². The van der Waals surface area contributed by atoms with Gasteiger partial charge < -0.3 is 46.1 Å². The van der Waals surface area contributed by atoms with E-state index in [1.807, 2.05) is 0 Å². The number of carbonyl (C=O) groups excluding carboxylic acids is 3. The first-order chi connectivity index (χ1) is 23.1. The van der Waals surface area contributed by atoms with Gasteiger partial charge in [-0.3, -0.25) is 19.3 Å². The normalized spacial score (nSPS) is 20.3. The first kappa shape index (κ1) is 35.4. The number of oxime groups is 1. The number of phenolic OH excluding ortho intramolecular Hbond substituents is 2. The van der Waals surface area contributed by atoms with Crippen LogP contribution in [-0.4, -0.2) is 119 Å². The standard InChI is InChI=1S/C30H35N7O10S2/c1-30(2,28(45)46)47-35-21(17-14-49-29(31)33-17)24(41)34-22-25(42)36-23(27(43)44)15(13-48-26(22)36)12-37(8-3-4-9-37)10-7-20(40)32-16-5-6-18(38)19(39)11-16/h5-6,11,14,22,26H,3-4,7-10,12-13H2,1-2H3,(H7-,31,32,33,34,35,38,39,40,41,43,44,45,46)/p+1. The van der Waals surface area contributed by atoms with Gasteiger partial charge in [0.2, 0.25) is 11.5 Å². The van der Waals surface area contributed by atoms with Gasteiger partial charge in [0.15, 0.2) is 22.3 Å². The average Bonchev–Trinajstić information content (AvgIpc) is 3.69. The number of nitrogens with two attached hydrogens (primary N) is 1. The maximum absolute atomic E-state index is 13.4. The lowest BCUT2D eigenvalue weighted by Crippen LogP contribution is -2.71. The number of nitrogen functional groups attached to an aromatic ring is 1. The Morgan fingerprint density at radius 1 is 1.16 bits per heavy atom. The third-order valence-corrected chi connectivity index (χ3v) is 10.5. The number of thioether (sulfide) groups is 1. The molecule has 8 N–H and O–H groups in total. The molecule has 4 heterocycles. The van der Waals surface area contributed by atoms with Gasteiger partial charge in [0.1, 0.15) is 29.4 Å². The molecular formula is C30H36N7O10S2+. The van der Waals surface area contributed by atoms with Crippen molar-refractivity contribution < 1.29 is 53.7 Å². The van der Waals surface area contributed by atoms with E-state index in [1.54, 1.807) is 0 Å². The summed E-state index contributed by atoms with van der Waals surface area (Å²) in [6, 6.07) is 2.86.